The zero-order valence-electron chi connectivity index (χ0n) is 13.2. The predicted octanol–water partition coefficient (Wildman–Crippen LogP) is 2.98. The maximum atomic E-state index is 12.4. The lowest BCUT2D eigenvalue weighted by Crippen LogP contribution is -2.33. The summed E-state index contributed by atoms with van der Waals surface area (Å²) in [6.45, 7) is 3.87. The zero-order chi connectivity index (χ0) is 15.9. The van der Waals surface area contributed by atoms with Crippen LogP contribution in [0.15, 0.2) is 29.2 Å². The molecule has 1 aromatic rings. The van der Waals surface area contributed by atoms with E-state index in [1.54, 1.807) is 0 Å². The van der Waals surface area contributed by atoms with Gasteiger partial charge in [-0.3, -0.25) is 9.59 Å². The second-order valence-electron chi connectivity index (χ2n) is 5.96. The van der Waals surface area contributed by atoms with Gasteiger partial charge in [0.25, 0.3) is 5.91 Å². The molecule has 2 amide bonds. The highest BCUT2D eigenvalue weighted by molar-refractivity contribution is 8.00. The lowest BCUT2D eigenvalue weighted by Gasteiger charge is -2.14. The van der Waals surface area contributed by atoms with Crippen LogP contribution >= 0.6 is 11.8 Å². The number of amides is 2. The van der Waals surface area contributed by atoms with Gasteiger partial charge in [0, 0.05) is 17.0 Å². The molecule has 4 nitrogen and oxygen atoms in total. The quantitative estimate of drug-likeness (QED) is 0.792. The van der Waals surface area contributed by atoms with Crippen molar-refractivity contribution < 1.29 is 9.59 Å². The molecule has 120 valence electrons. The highest BCUT2D eigenvalue weighted by Gasteiger charge is 2.19. The Kier molecular flexibility index (Phi) is 6.31. The highest BCUT2D eigenvalue weighted by atomic mass is 32.2. The van der Waals surface area contributed by atoms with Gasteiger partial charge < -0.3 is 10.6 Å². The molecule has 0 radical (unpaired) electrons. The third-order valence-electron chi connectivity index (χ3n) is 3.63. The zero-order valence-corrected chi connectivity index (χ0v) is 14.0. The molecule has 0 unspecified atom stereocenters. The smallest absolute Gasteiger partial charge is 0.252 e. The molecule has 0 heterocycles. The first-order valence-electron chi connectivity index (χ1n) is 7.88. The molecule has 0 aromatic heterocycles. The molecular formula is C17H24N2O2S. The third kappa shape index (κ3) is 5.05. The van der Waals surface area contributed by atoms with Crippen molar-refractivity contribution in [2.75, 3.05) is 5.75 Å². The molecule has 1 aromatic carbocycles. The summed E-state index contributed by atoms with van der Waals surface area (Å²) in [7, 11) is 0. The molecule has 0 atom stereocenters. The monoisotopic (exact) mass is 320 g/mol. The molecule has 5 heteroatoms. The molecule has 1 aliphatic carbocycles. The Balaban J connectivity index is 1.96. The van der Waals surface area contributed by atoms with Gasteiger partial charge in [0.2, 0.25) is 5.91 Å². The van der Waals surface area contributed by atoms with Gasteiger partial charge in [-0.25, -0.2) is 0 Å². The van der Waals surface area contributed by atoms with E-state index in [1.165, 1.54) is 24.6 Å². The van der Waals surface area contributed by atoms with Crippen LogP contribution in [0, 0.1) is 0 Å². The van der Waals surface area contributed by atoms with E-state index >= 15 is 0 Å². The van der Waals surface area contributed by atoms with Gasteiger partial charge in [-0.2, -0.15) is 0 Å². The number of thioether (sulfide) groups is 1. The minimum absolute atomic E-state index is 0.00833. The summed E-state index contributed by atoms with van der Waals surface area (Å²) in [5, 5.41) is 5.96. The number of hydrogen-bond donors (Lipinski definition) is 2. The third-order valence-corrected chi connectivity index (χ3v) is 4.70. The van der Waals surface area contributed by atoms with Crippen molar-refractivity contribution in [3.8, 4) is 0 Å². The highest BCUT2D eigenvalue weighted by Crippen LogP contribution is 2.24. The van der Waals surface area contributed by atoms with Crippen LogP contribution in [-0.2, 0) is 4.79 Å². The number of nitrogens with one attached hydrogen (secondary N) is 2. The number of rotatable bonds is 6. The molecule has 2 rings (SSSR count). The van der Waals surface area contributed by atoms with Crippen molar-refractivity contribution in [3.63, 3.8) is 0 Å². The van der Waals surface area contributed by atoms with E-state index in [0.29, 0.717) is 17.4 Å². The normalized spacial score (nSPS) is 15.0. The van der Waals surface area contributed by atoms with Crippen LogP contribution in [0.25, 0.3) is 0 Å². The van der Waals surface area contributed by atoms with Crippen molar-refractivity contribution in [2.45, 2.75) is 56.5 Å². The van der Waals surface area contributed by atoms with Crippen LogP contribution in [0.4, 0.5) is 0 Å². The fourth-order valence-electron chi connectivity index (χ4n) is 2.62. The summed E-state index contributed by atoms with van der Waals surface area (Å²) in [4.78, 5) is 25.0. The van der Waals surface area contributed by atoms with Crippen LogP contribution in [-0.4, -0.2) is 29.7 Å². The molecule has 2 N–H and O–H groups in total. The van der Waals surface area contributed by atoms with E-state index in [4.69, 9.17) is 0 Å². The summed E-state index contributed by atoms with van der Waals surface area (Å²) in [5.41, 5.74) is 0.664. The van der Waals surface area contributed by atoms with Crippen molar-refractivity contribution in [1.82, 2.24) is 10.6 Å². The average molecular weight is 320 g/mol. The molecule has 22 heavy (non-hydrogen) atoms. The lowest BCUT2D eigenvalue weighted by molar-refractivity contribution is -0.119. The van der Waals surface area contributed by atoms with Gasteiger partial charge in [0.05, 0.1) is 11.3 Å². The molecule has 1 fully saturated rings. The number of hydrogen-bond acceptors (Lipinski definition) is 3. The molecule has 0 spiro atoms. The first-order valence-corrected chi connectivity index (χ1v) is 8.87. The van der Waals surface area contributed by atoms with Crippen molar-refractivity contribution in [1.29, 1.82) is 0 Å². The van der Waals surface area contributed by atoms with E-state index in [1.807, 2.05) is 38.1 Å². The molecule has 1 aliphatic rings. The average Bonchev–Trinajstić information content (AvgIpc) is 2.97. The fraction of sp³-hybridized carbons (Fsp3) is 0.529. The summed E-state index contributed by atoms with van der Waals surface area (Å²) in [5.74, 6) is 0.289. The molecule has 0 aliphatic heterocycles. The summed E-state index contributed by atoms with van der Waals surface area (Å²) >= 11 is 1.41. The summed E-state index contributed by atoms with van der Waals surface area (Å²) in [6.07, 6.45) is 4.52. The van der Waals surface area contributed by atoms with Crippen LogP contribution in [0.2, 0.25) is 0 Å². The van der Waals surface area contributed by atoms with Crippen LogP contribution < -0.4 is 10.6 Å². The number of benzene rings is 1. The van der Waals surface area contributed by atoms with E-state index in [0.717, 1.165) is 17.7 Å². The maximum Gasteiger partial charge on any atom is 0.252 e. The van der Waals surface area contributed by atoms with Gasteiger partial charge in [-0.1, -0.05) is 25.0 Å². The van der Waals surface area contributed by atoms with E-state index < -0.39 is 0 Å². The Morgan fingerprint density at radius 2 is 1.91 bits per heavy atom. The Hall–Kier alpha value is -1.49. The first-order chi connectivity index (χ1) is 10.6. The van der Waals surface area contributed by atoms with Crippen LogP contribution in [0.1, 0.15) is 49.9 Å². The van der Waals surface area contributed by atoms with Gasteiger partial charge in [-0.05, 0) is 38.8 Å². The van der Waals surface area contributed by atoms with Crippen molar-refractivity contribution in [3.05, 3.63) is 29.8 Å². The Morgan fingerprint density at radius 1 is 1.23 bits per heavy atom. The SMILES string of the molecule is CC(C)NC(=O)CSc1ccccc1C(=O)NC1CCCC1. The Bertz CT molecular complexity index is 525. The lowest BCUT2D eigenvalue weighted by atomic mass is 10.2. The minimum atomic E-state index is -0.0285. The number of carbonyl (C=O) groups is 2. The van der Waals surface area contributed by atoms with E-state index in [2.05, 4.69) is 10.6 Å². The topological polar surface area (TPSA) is 58.2 Å². The molecule has 1 saturated carbocycles. The van der Waals surface area contributed by atoms with Gasteiger partial charge in [0.15, 0.2) is 0 Å². The van der Waals surface area contributed by atoms with E-state index in [-0.39, 0.29) is 17.9 Å². The largest absolute Gasteiger partial charge is 0.353 e. The second kappa shape index (κ2) is 8.22. The van der Waals surface area contributed by atoms with Gasteiger partial charge in [-0.15, -0.1) is 11.8 Å². The minimum Gasteiger partial charge on any atom is -0.353 e. The molecule has 0 saturated heterocycles. The van der Waals surface area contributed by atoms with Gasteiger partial charge in [0.1, 0.15) is 0 Å². The maximum absolute atomic E-state index is 12.4. The van der Waals surface area contributed by atoms with Crippen LogP contribution in [0.5, 0.6) is 0 Å². The first kappa shape index (κ1) is 16.9. The standard InChI is InChI=1S/C17H24N2O2S/c1-12(2)18-16(20)11-22-15-10-6-5-9-14(15)17(21)19-13-7-3-4-8-13/h5-6,9-10,12-13H,3-4,7-8,11H2,1-2H3,(H,18,20)(H,19,21). The van der Waals surface area contributed by atoms with Crippen LogP contribution in [0.3, 0.4) is 0 Å². The Morgan fingerprint density at radius 3 is 2.59 bits per heavy atom. The summed E-state index contributed by atoms with van der Waals surface area (Å²) in [6, 6.07) is 7.92. The number of carbonyl (C=O) groups excluding carboxylic acids is 2. The van der Waals surface area contributed by atoms with Crippen molar-refractivity contribution in [2.24, 2.45) is 0 Å². The van der Waals surface area contributed by atoms with Gasteiger partial charge >= 0.3 is 0 Å². The van der Waals surface area contributed by atoms with Crippen molar-refractivity contribution >= 4 is 23.6 Å². The fourth-order valence-corrected chi connectivity index (χ4v) is 3.48. The Labute approximate surface area is 136 Å². The van der Waals surface area contributed by atoms with E-state index in [9.17, 15) is 9.59 Å². The molecule has 0 bridgehead atoms. The summed E-state index contributed by atoms with van der Waals surface area (Å²) < 4.78 is 0. The predicted molar refractivity (Wildman–Crippen MR) is 90.2 cm³/mol. The molecular weight excluding hydrogens is 296 g/mol. The second-order valence-corrected chi connectivity index (χ2v) is 6.98.